The zero-order valence-electron chi connectivity index (χ0n) is 13.5. The molecule has 0 saturated carbocycles. The van der Waals surface area contributed by atoms with Crippen LogP contribution in [0.15, 0.2) is 60.7 Å². The van der Waals surface area contributed by atoms with Crippen molar-refractivity contribution in [3.8, 4) is 0 Å². The molecule has 2 aromatic rings. The van der Waals surface area contributed by atoms with Gasteiger partial charge in [-0.2, -0.15) is 0 Å². The molecule has 0 aliphatic carbocycles. The van der Waals surface area contributed by atoms with E-state index in [1.165, 1.54) is 10.5 Å². The number of carbonyl (C=O) groups excluding carboxylic acids is 2. The van der Waals surface area contributed by atoms with E-state index >= 15 is 0 Å². The van der Waals surface area contributed by atoms with E-state index in [-0.39, 0.29) is 12.1 Å². The Morgan fingerprint density at radius 2 is 1.62 bits per heavy atom. The van der Waals surface area contributed by atoms with Crippen LogP contribution < -0.4 is 5.32 Å². The zero-order valence-corrected chi connectivity index (χ0v) is 13.5. The third-order valence-electron chi connectivity index (χ3n) is 4.09. The van der Waals surface area contributed by atoms with Crippen molar-refractivity contribution in [1.82, 2.24) is 15.1 Å². The summed E-state index contributed by atoms with van der Waals surface area (Å²) in [6.07, 6.45) is 0.759. The summed E-state index contributed by atoms with van der Waals surface area (Å²) < 4.78 is 0. The summed E-state index contributed by atoms with van der Waals surface area (Å²) in [5.74, 6) is 0. The first kappa shape index (κ1) is 16.1. The number of amides is 4. The minimum atomic E-state index is -0.308. The van der Waals surface area contributed by atoms with E-state index in [0.29, 0.717) is 26.2 Å². The van der Waals surface area contributed by atoms with Crippen LogP contribution in [-0.2, 0) is 13.0 Å². The highest BCUT2D eigenvalue weighted by atomic mass is 16.2. The second-order valence-corrected chi connectivity index (χ2v) is 5.81. The SMILES string of the molecule is O=C1NCCN1C(=O)N(CCc1ccccc1)Cc1ccccc1. The number of imide groups is 1. The van der Waals surface area contributed by atoms with Crippen LogP contribution in [0.5, 0.6) is 0 Å². The third-order valence-corrected chi connectivity index (χ3v) is 4.09. The molecule has 0 unspecified atom stereocenters. The van der Waals surface area contributed by atoms with Gasteiger partial charge < -0.3 is 10.2 Å². The number of nitrogens with one attached hydrogen (secondary N) is 1. The van der Waals surface area contributed by atoms with Crippen LogP contribution in [0.4, 0.5) is 9.59 Å². The van der Waals surface area contributed by atoms with Crippen molar-refractivity contribution in [2.24, 2.45) is 0 Å². The fraction of sp³-hybridized carbons (Fsp3) is 0.263. The first-order valence-electron chi connectivity index (χ1n) is 8.16. The number of hydrogen-bond donors (Lipinski definition) is 1. The van der Waals surface area contributed by atoms with Crippen molar-refractivity contribution in [2.75, 3.05) is 19.6 Å². The number of rotatable bonds is 5. The Morgan fingerprint density at radius 3 is 2.21 bits per heavy atom. The summed E-state index contributed by atoms with van der Waals surface area (Å²) in [5, 5.41) is 2.68. The molecule has 0 spiro atoms. The normalized spacial score (nSPS) is 13.7. The Hall–Kier alpha value is -2.82. The topological polar surface area (TPSA) is 52.7 Å². The van der Waals surface area contributed by atoms with E-state index in [9.17, 15) is 9.59 Å². The van der Waals surface area contributed by atoms with Gasteiger partial charge in [-0.3, -0.25) is 0 Å². The molecule has 0 atom stereocenters. The first-order chi connectivity index (χ1) is 11.7. The van der Waals surface area contributed by atoms with Crippen LogP contribution >= 0.6 is 0 Å². The van der Waals surface area contributed by atoms with Gasteiger partial charge in [0.05, 0.1) is 0 Å². The Kier molecular flexibility index (Phi) is 5.11. The average Bonchev–Trinajstić information content (AvgIpc) is 3.06. The lowest BCUT2D eigenvalue weighted by molar-refractivity contribution is 0.161. The molecule has 24 heavy (non-hydrogen) atoms. The van der Waals surface area contributed by atoms with Gasteiger partial charge >= 0.3 is 12.1 Å². The summed E-state index contributed by atoms with van der Waals surface area (Å²) in [5.41, 5.74) is 2.23. The summed E-state index contributed by atoms with van der Waals surface area (Å²) >= 11 is 0. The molecule has 0 aromatic heterocycles. The maximum absolute atomic E-state index is 12.8. The van der Waals surface area contributed by atoms with Crippen LogP contribution in [0.3, 0.4) is 0 Å². The van der Waals surface area contributed by atoms with E-state index < -0.39 is 0 Å². The van der Waals surface area contributed by atoms with Crippen molar-refractivity contribution in [3.63, 3.8) is 0 Å². The van der Waals surface area contributed by atoms with Crippen molar-refractivity contribution in [2.45, 2.75) is 13.0 Å². The maximum Gasteiger partial charge on any atom is 0.328 e. The lowest BCUT2D eigenvalue weighted by Crippen LogP contribution is -2.45. The molecule has 5 heteroatoms. The molecular weight excluding hydrogens is 302 g/mol. The predicted octanol–water partition coefficient (Wildman–Crippen LogP) is 2.88. The standard InChI is InChI=1S/C19H21N3O2/c23-18-20-12-14-22(18)19(24)21(15-17-9-5-2-6-10-17)13-11-16-7-3-1-4-8-16/h1-10H,11-15H2,(H,20,23). The number of carbonyl (C=O) groups is 2. The van der Waals surface area contributed by atoms with Crippen LogP contribution in [0, 0.1) is 0 Å². The molecule has 1 heterocycles. The second kappa shape index (κ2) is 7.64. The molecular formula is C19H21N3O2. The van der Waals surface area contributed by atoms with E-state index in [1.807, 2.05) is 60.7 Å². The molecule has 0 bridgehead atoms. The largest absolute Gasteiger partial charge is 0.336 e. The Bertz CT molecular complexity index is 688. The monoisotopic (exact) mass is 323 g/mol. The van der Waals surface area contributed by atoms with Gasteiger partial charge in [0.1, 0.15) is 0 Å². The Labute approximate surface area is 141 Å². The molecule has 1 aliphatic heterocycles. The smallest absolute Gasteiger partial charge is 0.328 e. The van der Waals surface area contributed by atoms with Crippen molar-refractivity contribution in [3.05, 3.63) is 71.8 Å². The van der Waals surface area contributed by atoms with Crippen LogP contribution in [0.1, 0.15) is 11.1 Å². The highest BCUT2D eigenvalue weighted by molar-refractivity contribution is 5.94. The minimum absolute atomic E-state index is 0.232. The molecule has 3 rings (SSSR count). The maximum atomic E-state index is 12.8. The van der Waals surface area contributed by atoms with Gasteiger partial charge in [0.25, 0.3) is 0 Å². The second-order valence-electron chi connectivity index (χ2n) is 5.81. The Balaban J connectivity index is 1.72. The fourth-order valence-electron chi connectivity index (χ4n) is 2.78. The molecule has 1 saturated heterocycles. The lowest BCUT2D eigenvalue weighted by Gasteiger charge is -2.26. The third kappa shape index (κ3) is 3.93. The molecule has 2 aromatic carbocycles. The predicted molar refractivity (Wildman–Crippen MR) is 92.5 cm³/mol. The quantitative estimate of drug-likeness (QED) is 0.920. The van der Waals surface area contributed by atoms with Gasteiger partial charge in [-0.25, -0.2) is 14.5 Å². The number of hydrogen-bond acceptors (Lipinski definition) is 2. The van der Waals surface area contributed by atoms with E-state index in [0.717, 1.165) is 12.0 Å². The highest BCUT2D eigenvalue weighted by Crippen LogP contribution is 2.11. The molecule has 1 N–H and O–H groups in total. The average molecular weight is 323 g/mol. The van der Waals surface area contributed by atoms with Crippen LogP contribution in [0.2, 0.25) is 0 Å². The molecule has 1 aliphatic rings. The van der Waals surface area contributed by atoms with Crippen LogP contribution in [0.25, 0.3) is 0 Å². The highest BCUT2D eigenvalue weighted by Gasteiger charge is 2.30. The van der Waals surface area contributed by atoms with E-state index in [2.05, 4.69) is 5.32 Å². The first-order valence-corrected chi connectivity index (χ1v) is 8.16. The molecule has 0 radical (unpaired) electrons. The number of urea groups is 2. The molecule has 5 nitrogen and oxygen atoms in total. The summed E-state index contributed by atoms with van der Waals surface area (Å²) in [6, 6.07) is 19.4. The zero-order chi connectivity index (χ0) is 16.8. The van der Waals surface area contributed by atoms with Crippen LogP contribution in [-0.4, -0.2) is 41.5 Å². The lowest BCUT2D eigenvalue weighted by atomic mass is 10.1. The molecule has 4 amide bonds. The number of nitrogens with zero attached hydrogens (tertiary/aromatic N) is 2. The van der Waals surface area contributed by atoms with E-state index in [1.54, 1.807) is 4.90 Å². The van der Waals surface area contributed by atoms with Gasteiger partial charge in [0, 0.05) is 26.2 Å². The van der Waals surface area contributed by atoms with Crippen molar-refractivity contribution in [1.29, 1.82) is 0 Å². The summed E-state index contributed by atoms with van der Waals surface area (Å²) in [4.78, 5) is 27.6. The van der Waals surface area contributed by atoms with E-state index in [4.69, 9.17) is 0 Å². The number of benzene rings is 2. The van der Waals surface area contributed by atoms with Crippen molar-refractivity contribution < 1.29 is 9.59 Å². The van der Waals surface area contributed by atoms with Gasteiger partial charge in [0.2, 0.25) is 0 Å². The summed E-state index contributed by atoms with van der Waals surface area (Å²) in [7, 11) is 0. The summed E-state index contributed by atoms with van der Waals surface area (Å²) in [6.45, 7) is 2.01. The fourth-order valence-corrected chi connectivity index (χ4v) is 2.78. The minimum Gasteiger partial charge on any atom is -0.336 e. The molecule has 124 valence electrons. The van der Waals surface area contributed by atoms with Gasteiger partial charge in [-0.05, 0) is 17.5 Å². The molecule has 1 fully saturated rings. The van der Waals surface area contributed by atoms with Gasteiger partial charge in [0.15, 0.2) is 0 Å². The van der Waals surface area contributed by atoms with Gasteiger partial charge in [-0.15, -0.1) is 0 Å². The van der Waals surface area contributed by atoms with Crippen molar-refractivity contribution >= 4 is 12.1 Å². The Morgan fingerprint density at radius 1 is 1.00 bits per heavy atom. The van der Waals surface area contributed by atoms with Gasteiger partial charge in [-0.1, -0.05) is 60.7 Å².